The lowest BCUT2D eigenvalue weighted by molar-refractivity contribution is -0.123. The molecule has 65 valence electrons. The molecule has 3 N–H and O–H groups in total. The monoisotopic (exact) mass is 160 g/mol. The molecule has 4 nitrogen and oxygen atoms in total. The molecule has 4 heteroatoms. The van der Waals surface area contributed by atoms with Crippen LogP contribution in [-0.4, -0.2) is 29.3 Å². The molecular weight excluding hydrogens is 146 g/mol. The second-order valence-corrected chi connectivity index (χ2v) is 2.58. The second kappa shape index (κ2) is 5.09. The van der Waals surface area contributed by atoms with Gasteiger partial charge in [-0.15, -0.1) is 0 Å². The van der Waals surface area contributed by atoms with Gasteiger partial charge in [0.25, 0.3) is 0 Å². The number of aliphatic hydroxyl groups is 2. The van der Waals surface area contributed by atoms with Crippen LogP contribution < -0.4 is 5.32 Å². The molecule has 0 aromatic carbocycles. The first kappa shape index (κ1) is 10.4. The molecule has 0 aromatic rings. The van der Waals surface area contributed by atoms with Crippen LogP contribution in [0.1, 0.15) is 13.8 Å². The molecule has 0 atom stereocenters. The summed E-state index contributed by atoms with van der Waals surface area (Å²) >= 11 is 0. The number of hydrogen-bond acceptors (Lipinski definition) is 3. The Hall–Kier alpha value is -0.610. The van der Waals surface area contributed by atoms with Crippen LogP contribution in [0.3, 0.4) is 0 Å². The van der Waals surface area contributed by atoms with Crippen molar-refractivity contribution in [3.05, 3.63) is 6.10 Å². The molecule has 0 spiro atoms. The molecule has 0 aliphatic carbocycles. The smallest absolute Gasteiger partial charge is 0.245 e. The first-order chi connectivity index (χ1) is 5.07. The van der Waals surface area contributed by atoms with Gasteiger partial charge in [-0.05, 0) is 5.92 Å². The highest BCUT2D eigenvalue weighted by atomic mass is 16.3. The molecule has 0 unspecified atom stereocenters. The Morgan fingerprint density at radius 2 is 2.09 bits per heavy atom. The van der Waals surface area contributed by atoms with E-state index in [0.29, 0.717) is 0 Å². The maximum absolute atomic E-state index is 10.5. The third-order valence-corrected chi connectivity index (χ3v) is 1.28. The number of hydrogen-bond donors (Lipinski definition) is 3. The zero-order valence-corrected chi connectivity index (χ0v) is 6.79. The predicted molar refractivity (Wildman–Crippen MR) is 40.1 cm³/mol. The number of carbonyl (C=O) groups excluding carboxylic acids is 1. The van der Waals surface area contributed by atoms with E-state index in [1.54, 1.807) is 0 Å². The highest BCUT2D eigenvalue weighted by Crippen LogP contribution is 2.06. The van der Waals surface area contributed by atoms with E-state index in [1.165, 1.54) is 0 Å². The van der Waals surface area contributed by atoms with Gasteiger partial charge in [0, 0.05) is 6.54 Å². The minimum Gasteiger partial charge on any atom is -0.387 e. The van der Waals surface area contributed by atoms with E-state index < -0.39 is 12.5 Å². The number of aliphatic hydroxyl groups excluding tert-OH is 2. The third kappa shape index (κ3) is 4.75. The van der Waals surface area contributed by atoms with Crippen LogP contribution >= 0.6 is 0 Å². The van der Waals surface area contributed by atoms with Gasteiger partial charge in [-0.3, -0.25) is 4.79 Å². The highest BCUT2D eigenvalue weighted by Gasteiger charge is 2.10. The van der Waals surface area contributed by atoms with E-state index in [0.717, 1.165) is 0 Å². The fraction of sp³-hybridized carbons (Fsp3) is 0.714. The Labute approximate surface area is 66.2 Å². The Morgan fingerprint density at radius 1 is 1.55 bits per heavy atom. The fourth-order valence-corrected chi connectivity index (χ4v) is 0.449. The minimum absolute atomic E-state index is 0.0361. The lowest BCUT2D eigenvalue weighted by atomic mass is 10.1. The molecule has 0 fully saturated rings. The first-order valence-electron chi connectivity index (χ1n) is 3.50. The van der Waals surface area contributed by atoms with E-state index in [4.69, 9.17) is 10.2 Å². The van der Waals surface area contributed by atoms with Crippen LogP contribution in [0.15, 0.2) is 0 Å². The van der Waals surface area contributed by atoms with Gasteiger partial charge in [-0.1, -0.05) is 13.8 Å². The van der Waals surface area contributed by atoms with Crippen molar-refractivity contribution in [1.82, 2.24) is 5.32 Å². The molecule has 0 aliphatic rings. The second-order valence-electron chi connectivity index (χ2n) is 2.58. The quantitative estimate of drug-likeness (QED) is 0.526. The SMILES string of the molecule is CC(C)[C](O)CNC(=O)CO. The molecule has 0 saturated heterocycles. The summed E-state index contributed by atoms with van der Waals surface area (Å²) in [5.74, 6) is -0.439. The van der Waals surface area contributed by atoms with Crippen LogP contribution in [0.2, 0.25) is 0 Å². The summed E-state index contributed by atoms with van der Waals surface area (Å²) < 4.78 is 0. The van der Waals surface area contributed by atoms with E-state index in [1.807, 2.05) is 13.8 Å². The van der Waals surface area contributed by atoms with Crippen molar-refractivity contribution in [2.45, 2.75) is 13.8 Å². The van der Waals surface area contributed by atoms with Gasteiger partial charge in [0.05, 0.1) is 0 Å². The van der Waals surface area contributed by atoms with Crippen molar-refractivity contribution in [3.63, 3.8) is 0 Å². The highest BCUT2D eigenvalue weighted by molar-refractivity contribution is 5.76. The van der Waals surface area contributed by atoms with Crippen molar-refractivity contribution in [1.29, 1.82) is 0 Å². The average molecular weight is 160 g/mol. The summed E-state index contributed by atoms with van der Waals surface area (Å²) in [4.78, 5) is 10.5. The van der Waals surface area contributed by atoms with Gasteiger partial charge < -0.3 is 15.5 Å². The zero-order valence-electron chi connectivity index (χ0n) is 6.79. The van der Waals surface area contributed by atoms with Gasteiger partial charge in [-0.25, -0.2) is 0 Å². The molecular formula is C7H14NO3. The number of amides is 1. The Balaban J connectivity index is 3.45. The van der Waals surface area contributed by atoms with Crippen LogP contribution in [0, 0.1) is 12.0 Å². The topological polar surface area (TPSA) is 69.6 Å². The summed E-state index contributed by atoms with van der Waals surface area (Å²) in [5, 5.41) is 19.7. The lowest BCUT2D eigenvalue weighted by Crippen LogP contribution is -2.32. The summed E-state index contributed by atoms with van der Waals surface area (Å²) in [7, 11) is 0. The standard InChI is InChI=1S/C7H14NO3/c1-5(2)6(10)3-8-7(11)4-9/h5,9-10H,3-4H2,1-2H3,(H,8,11). The Kier molecular flexibility index (Phi) is 4.81. The van der Waals surface area contributed by atoms with Gasteiger partial charge in [0.1, 0.15) is 12.7 Å². The molecule has 0 aliphatic heterocycles. The Bertz CT molecular complexity index is 125. The fourth-order valence-electron chi connectivity index (χ4n) is 0.449. The molecule has 1 radical (unpaired) electrons. The third-order valence-electron chi connectivity index (χ3n) is 1.28. The maximum atomic E-state index is 10.5. The molecule has 1 amide bonds. The molecule has 0 bridgehead atoms. The Morgan fingerprint density at radius 3 is 2.45 bits per heavy atom. The maximum Gasteiger partial charge on any atom is 0.245 e. The van der Waals surface area contributed by atoms with Crippen molar-refractivity contribution < 1.29 is 15.0 Å². The van der Waals surface area contributed by atoms with E-state index in [-0.39, 0.29) is 18.6 Å². The van der Waals surface area contributed by atoms with Crippen molar-refractivity contribution in [2.75, 3.05) is 13.2 Å². The summed E-state index contributed by atoms with van der Waals surface area (Å²) in [6, 6.07) is 0. The summed E-state index contributed by atoms with van der Waals surface area (Å²) in [5.41, 5.74) is 0. The van der Waals surface area contributed by atoms with Crippen LogP contribution in [0.4, 0.5) is 0 Å². The first-order valence-corrected chi connectivity index (χ1v) is 3.50. The van der Waals surface area contributed by atoms with Crippen molar-refractivity contribution in [2.24, 2.45) is 5.92 Å². The van der Waals surface area contributed by atoms with Gasteiger partial charge in [0.15, 0.2) is 0 Å². The molecule has 0 rings (SSSR count). The van der Waals surface area contributed by atoms with Gasteiger partial charge in [-0.2, -0.15) is 0 Å². The largest absolute Gasteiger partial charge is 0.387 e. The van der Waals surface area contributed by atoms with E-state index >= 15 is 0 Å². The van der Waals surface area contributed by atoms with Crippen LogP contribution in [0.5, 0.6) is 0 Å². The normalized spacial score (nSPS) is 10.7. The minimum atomic E-state index is -0.536. The zero-order chi connectivity index (χ0) is 8.85. The van der Waals surface area contributed by atoms with Crippen molar-refractivity contribution >= 4 is 5.91 Å². The van der Waals surface area contributed by atoms with Crippen molar-refractivity contribution in [3.8, 4) is 0 Å². The van der Waals surface area contributed by atoms with Crippen LogP contribution in [-0.2, 0) is 4.79 Å². The van der Waals surface area contributed by atoms with Gasteiger partial charge >= 0.3 is 0 Å². The molecule has 0 aromatic heterocycles. The summed E-state index contributed by atoms with van der Waals surface area (Å²) in [6.45, 7) is 3.23. The average Bonchev–Trinajstić information content (AvgIpc) is 1.99. The molecule has 11 heavy (non-hydrogen) atoms. The molecule has 0 heterocycles. The van der Waals surface area contributed by atoms with Crippen LogP contribution in [0.25, 0.3) is 0 Å². The number of rotatable bonds is 4. The van der Waals surface area contributed by atoms with Gasteiger partial charge in [0.2, 0.25) is 5.91 Å². The van der Waals surface area contributed by atoms with E-state index in [9.17, 15) is 4.79 Å². The predicted octanol–water partition coefficient (Wildman–Crippen LogP) is -0.345. The summed E-state index contributed by atoms with van der Waals surface area (Å²) in [6.07, 6.45) is 0.215. The number of carbonyl (C=O) groups is 1. The molecule has 0 saturated carbocycles. The number of nitrogens with one attached hydrogen (secondary N) is 1. The van der Waals surface area contributed by atoms with E-state index in [2.05, 4.69) is 5.32 Å². The lowest BCUT2D eigenvalue weighted by Gasteiger charge is -2.12.